The summed E-state index contributed by atoms with van der Waals surface area (Å²) < 4.78 is 11.4. The van der Waals surface area contributed by atoms with Crippen LogP contribution in [0.5, 0.6) is 0 Å². The van der Waals surface area contributed by atoms with Crippen molar-refractivity contribution in [1.82, 2.24) is 4.90 Å². The number of amides is 1. The van der Waals surface area contributed by atoms with Crippen LogP contribution in [0.3, 0.4) is 0 Å². The molecule has 25 heavy (non-hydrogen) atoms. The number of likely N-dealkylation sites (tertiary alicyclic amines) is 1. The van der Waals surface area contributed by atoms with Gasteiger partial charge in [-0.25, -0.2) is 4.79 Å². The number of carboxylic acid groups (broad SMARTS) is 1. The van der Waals surface area contributed by atoms with Gasteiger partial charge >= 0.3 is 12.1 Å². The summed E-state index contributed by atoms with van der Waals surface area (Å²) in [6.45, 7) is 6.41. The fourth-order valence-corrected chi connectivity index (χ4v) is 3.57. The van der Waals surface area contributed by atoms with Crippen molar-refractivity contribution in [2.45, 2.75) is 70.6 Å². The highest BCUT2D eigenvalue weighted by molar-refractivity contribution is 5.70. The average Bonchev–Trinajstić information content (AvgIpc) is 2.95. The molecule has 0 unspecified atom stereocenters. The van der Waals surface area contributed by atoms with Gasteiger partial charge < -0.3 is 24.6 Å². The lowest BCUT2D eigenvalue weighted by atomic mass is 9.87. The third-order valence-corrected chi connectivity index (χ3v) is 4.94. The zero-order valence-electron chi connectivity index (χ0n) is 15.4. The summed E-state index contributed by atoms with van der Waals surface area (Å²) in [6, 6.07) is -0.107. The molecule has 2 aliphatic rings. The summed E-state index contributed by atoms with van der Waals surface area (Å²) in [5.74, 6) is -0.941. The van der Waals surface area contributed by atoms with Gasteiger partial charge in [0.25, 0.3) is 0 Å². The Morgan fingerprint density at radius 1 is 1.16 bits per heavy atom. The summed E-state index contributed by atoms with van der Waals surface area (Å²) >= 11 is 0. The fraction of sp³-hybridized carbons (Fsp3) is 0.889. The lowest BCUT2D eigenvalue weighted by molar-refractivity contribution is -0.143. The number of nitrogens with zero attached hydrogens (tertiary/aromatic N) is 1. The van der Waals surface area contributed by atoms with E-state index >= 15 is 0 Å². The van der Waals surface area contributed by atoms with Gasteiger partial charge in [0.1, 0.15) is 5.60 Å². The van der Waals surface area contributed by atoms with Gasteiger partial charge in [0.2, 0.25) is 0 Å². The van der Waals surface area contributed by atoms with Gasteiger partial charge in [0, 0.05) is 19.1 Å². The first-order chi connectivity index (χ1) is 11.7. The Kier molecular flexibility index (Phi) is 6.68. The minimum atomic E-state index is -0.726. The van der Waals surface area contributed by atoms with Crippen molar-refractivity contribution in [1.29, 1.82) is 0 Å². The molecule has 0 bridgehead atoms. The molecule has 2 atom stereocenters. The number of aliphatic hydroxyl groups is 1. The zero-order valence-corrected chi connectivity index (χ0v) is 15.4. The monoisotopic (exact) mass is 357 g/mol. The number of aliphatic carboxylic acids is 1. The maximum atomic E-state index is 12.4. The van der Waals surface area contributed by atoms with Gasteiger partial charge in [-0.05, 0) is 52.9 Å². The van der Waals surface area contributed by atoms with E-state index in [4.69, 9.17) is 14.6 Å². The molecule has 1 aliphatic heterocycles. The van der Waals surface area contributed by atoms with E-state index in [0.717, 1.165) is 12.8 Å². The number of ether oxygens (including phenoxy) is 2. The van der Waals surface area contributed by atoms with Crippen LogP contribution < -0.4 is 0 Å². The zero-order chi connectivity index (χ0) is 18.6. The second-order valence-electron chi connectivity index (χ2n) is 8.22. The van der Waals surface area contributed by atoms with Crippen molar-refractivity contribution >= 4 is 12.1 Å². The van der Waals surface area contributed by atoms with E-state index in [-0.39, 0.29) is 36.7 Å². The van der Waals surface area contributed by atoms with Crippen LogP contribution in [0.4, 0.5) is 4.79 Å². The first-order valence-electron chi connectivity index (χ1n) is 9.14. The Labute approximate surface area is 149 Å². The Morgan fingerprint density at radius 2 is 1.80 bits per heavy atom. The topological polar surface area (TPSA) is 96.3 Å². The maximum Gasteiger partial charge on any atom is 0.410 e. The summed E-state index contributed by atoms with van der Waals surface area (Å²) in [7, 11) is 0. The molecule has 7 nitrogen and oxygen atoms in total. The van der Waals surface area contributed by atoms with E-state index < -0.39 is 11.6 Å². The normalized spacial score (nSPS) is 30.3. The van der Waals surface area contributed by atoms with Gasteiger partial charge in [-0.15, -0.1) is 0 Å². The smallest absolute Gasteiger partial charge is 0.410 e. The molecule has 7 heteroatoms. The van der Waals surface area contributed by atoms with Crippen LogP contribution in [0.2, 0.25) is 0 Å². The Balaban J connectivity index is 1.86. The standard InChI is InChI=1S/C18H31NO6/c1-18(2,3)25-17(23)19-9-12(10-20)8-14(19)11-24-15-6-4-13(5-7-15)16(21)22/h12-15,20H,4-11H2,1-3H3,(H,21,22)/t12-,13?,14-,15?/m0/s1. The van der Waals surface area contributed by atoms with Gasteiger partial charge in [0.15, 0.2) is 0 Å². The highest BCUT2D eigenvalue weighted by Gasteiger charge is 2.38. The summed E-state index contributed by atoms with van der Waals surface area (Å²) in [5.41, 5.74) is -0.561. The third kappa shape index (κ3) is 5.85. The molecule has 1 heterocycles. The molecule has 0 radical (unpaired) electrons. The number of hydrogen-bond acceptors (Lipinski definition) is 5. The molecule has 0 spiro atoms. The van der Waals surface area contributed by atoms with Crippen LogP contribution in [0.15, 0.2) is 0 Å². The van der Waals surface area contributed by atoms with Crippen LogP contribution in [-0.2, 0) is 14.3 Å². The van der Waals surface area contributed by atoms with Crippen molar-refractivity contribution in [3.05, 3.63) is 0 Å². The Bertz CT molecular complexity index is 467. The largest absolute Gasteiger partial charge is 0.481 e. The molecule has 1 saturated heterocycles. The predicted octanol–water partition coefficient (Wildman–Crippen LogP) is 2.26. The first kappa shape index (κ1) is 20.0. The van der Waals surface area contributed by atoms with Gasteiger partial charge in [0.05, 0.1) is 24.7 Å². The van der Waals surface area contributed by atoms with Crippen LogP contribution in [0.25, 0.3) is 0 Å². The van der Waals surface area contributed by atoms with Crippen LogP contribution >= 0.6 is 0 Å². The number of rotatable bonds is 5. The average molecular weight is 357 g/mol. The summed E-state index contributed by atoms with van der Waals surface area (Å²) in [4.78, 5) is 25.1. The highest BCUT2D eigenvalue weighted by atomic mass is 16.6. The molecule has 0 aromatic rings. The van der Waals surface area contributed by atoms with E-state index in [9.17, 15) is 14.7 Å². The summed E-state index contributed by atoms with van der Waals surface area (Å²) in [5, 5.41) is 18.5. The summed E-state index contributed by atoms with van der Waals surface area (Å²) in [6.07, 6.45) is 3.12. The Morgan fingerprint density at radius 3 is 2.32 bits per heavy atom. The van der Waals surface area contributed by atoms with E-state index in [0.29, 0.717) is 32.4 Å². The second-order valence-corrected chi connectivity index (χ2v) is 8.22. The van der Waals surface area contributed by atoms with Crippen molar-refractivity contribution in [2.24, 2.45) is 11.8 Å². The Hall–Kier alpha value is -1.34. The van der Waals surface area contributed by atoms with Crippen LogP contribution in [0, 0.1) is 11.8 Å². The first-order valence-corrected chi connectivity index (χ1v) is 9.14. The van der Waals surface area contributed by atoms with E-state index in [1.54, 1.807) is 4.90 Å². The van der Waals surface area contributed by atoms with E-state index in [2.05, 4.69) is 0 Å². The SMILES string of the molecule is CC(C)(C)OC(=O)N1C[C@@H](CO)C[C@H]1COC1CCC(C(=O)O)CC1. The molecule has 0 aromatic carbocycles. The van der Waals surface area contributed by atoms with Crippen molar-refractivity contribution in [2.75, 3.05) is 19.8 Å². The number of aliphatic hydroxyl groups excluding tert-OH is 1. The van der Waals surface area contributed by atoms with Crippen molar-refractivity contribution < 1.29 is 29.3 Å². The second kappa shape index (κ2) is 8.36. The third-order valence-electron chi connectivity index (χ3n) is 4.94. The number of carboxylic acids is 1. The van der Waals surface area contributed by atoms with Gasteiger partial charge in [-0.2, -0.15) is 0 Å². The molecular formula is C18H31NO6. The van der Waals surface area contributed by atoms with Crippen LogP contribution in [0.1, 0.15) is 52.9 Å². The minimum Gasteiger partial charge on any atom is -0.481 e. The highest BCUT2D eigenvalue weighted by Crippen LogP contribution is 2.29. The number of carbonyl (C=O) groups is 2. The lowest BCUT2D eigenvalue weighted by Crippen LogP contribution is -2.42. The van der Waals surface area contributed by atoms with Crippen LogP contribution in [-0.4, -0.2) is 64.7 Å². The maximum absolute atomic E-state index is 12.4. The van der Waals surface area contributed by atoms with Gasteiger partial charge in [-0.1, -0.05) is 0 Å². The minimum absolute atomic E-state index is 0.0412. The molecule has 1 amide bonds. The lowest BCUT2D eigenvalue weighted by Gasteiger charge is -2.31. The molecule has 144 valence electrons. The van der Waals surface area contributed by atoms with Crippen molar-refractivity contribution in [3.8, 4) is 0 Å². The number of carbonyl (C=O) groups excluding carboxylic acids is 1. The van der Waals surface area contributed by atoms with Crippen molar-refractivity contribution in [3.63, 3.8) is 0 Å². The predicted molar refractivity (Wildman–Crippen MR) is 91.3 cm³/mol. The van der Waals surface area contributed by atoms with Gasteiger partial charge in [-0.3, -0.25) is 4.79 Å². The fourth-order valence-electron chi connectivity index (χ4n) is 3.57. The molecule has 1 aliphatic carbocycles. The quantitative estimate of drug-likeness (QED) is 0.783. The molecule has 1 saturated carbocycles. The molecule has 2 N–H and O–H groups in total. The number of hydrogen-bond donors (Lipinski definition) is 2. The van der Waals surface area contributed by atoms with E-state index in [1.165, 1.54) is 0 Å². The van der Waals surface area contributed by atoms with E-state index in [1.807, 2.05) is 20.8 Å². The molecular weight excluding hydrogens is 326 g/mol. The molecule has 2 rings (SSSR count). The molecule has 0 aromatic heterocycles. The molecule has 2 fully saturated rings.